The van der Waals surface area contributed by atoms with Crippen molar-refractivity contribution in [3.8, 4) is 56.0 Å². The molecule has 0 aliphatic carbocycles. The van der Waals surface area contributed by atoms with E-state index >= 15 is 0 Å². The Morgan fingerprint density at radius 3 is 0.541 bits per heavy atom. The summed E-state index contributed by atoms with van der Waals surface area (Å²) in [6.07, 6.45) is 4.56. The molecule has 0 bridgehead atoms. The van der Waals surface area contributed by atoms with Gasteiger partial charge in [0.15, 0.2) is 0 Å². The summed E-state index contributed by atoms with van der Waals surface area (Å²) in [5.74, 6) is -3.32. The zero-order valence-electron chi connectivity index (χ0n) is 69.1. The minimum absolute atomic E-state index is 0.208. The van der Waals surface area contributed by atoms with Gasteiger partial charge in [0.25, 0.3) is 0 Å². The third-order valence-electron chi connectivity index (χ3n) is 16.9. The van der Waals surface area contributed by atoms with Gasteiger partial charge in [0, 0.05) is 57.7 Å². The van der Waals surface area contributed by atoms with Crippen LogP contribution in [0.3, 0.4) is 0 Å². The lowest BCUT2D eigenvalue weighted by molar-refractivity contribution is -0.141. The van der Waals surface area contributed by atoms with Gasteiger partial charge in [-0.15, -0.1) is 0 Å². The minimum atomic E-state index is -0.452. The molecule has 10 rings (SSSR count). The fraction of sp³-hybridized carbons (Fsp3) is 0.137. The molecule has 0 aliphatic rings. The molecule has 624 valence electrons. The molecule has 0 heterocycles. The Bertz CT molecular complexity index is 4970. The number of hydrogen-bond acceptors (Lipinski definition) is 20. The van der Waals surface area contributed by atoms with E-state index in [0.29, 0.717) is 44.9 Å². The van der Waals surface area contributed by atoms with E-state index in [1.54, 1.807) is 65.8 Å². The lowest BCUT2D eigenvalue weighted by Gasteiger charge is -2.08. The van der Waals surface area contributed by atoms with Crippen LogP contribution in [0.4, 0.5) is 0 Å². The molecular weight excluding hydrogens is 1550 g/mol. The highest BCUT2D eigenvalue weighted by molar-refractivity contribution is 5.91. The second-order valence-electron chi connectivity index (χ2n) is 27.3. The van der Waals surface area contributed by atoms with Crippen LogP contribution in [0, 0.1) is 0 Å². The predicted molar refractivity (Wildman–Crippen MR) is 471 cm³/mol. The fourth-order valence-electron chi connectivity index (χ4n) is 10.0. The molecule has 0 atom stereocenters. The van der Waals surface area contributed by atoms with Gasteiger partial charge in [-0.1, -0.05) is 260 Å². The summed E-state index contributed by atoms with van der Waals surface area (Å²) >= 11 is 0. The average molecular weight is 1640 g/mol. The molecule has 0 radical (unpaired) electrons. The molecule has 0 spiro atoms. The third kappa shape index (κ3) is 33.6. The first-order valence-corrected chi connectivity index (χ1v) is 37.8. The van der Waals surface area contributed by atoms with E-state index in [4.69, 9.17) is 47.4 Å². The molecule has 20 nitrogen and oxygen atoms in total. The van der Waals surface area contributed by atoms with E-state index in [2.05, 4.69) is 65.8 Å². The van der Waals surface area contributed by atoms with E-state index in [9.17, 15) is 47.9 Å². The molecule has 10 aromatic carbocycles. The van der Waals surface area contributed by atoms with Gasteiger partial charge < -0.3 is 47.4 Å². The van der Waals surface area contributed by atoms with Crippen LogP contribution in [0.2, 0.25) is 0 Å². The number of carbonyl (C=O) groups is 10. The molecule has 20 heteroatoms. The maximum atomic E-state index is 11.5. The summed E-state index contributed by atoms with van der Waals surface area (Å²) in [4.78, 5) is 113. The first kappa shape index (κ1) is 95.4. The summed E-state index contributed by atoms with van der Waals surface area (Å²) in [5.41, 5.74) is 17.6. The number of benzene rings is 10. The lowest BCUT2D eigenvalue weighted by atomic mass is 10.0. The predicted octanol–water partition coefficient (Wildman–Crippen LogP) is 20.6. The van der Waals surface area contributed by atoms with Crippen molar-refractivity contribution >= 4 is 70.5 Å². The minimum Gasteiger partial charge on any atom is -0.458 e. The molecule has 0 aromatic heterocycles. The van der Waals surface area contributed by atoms with Crippen molar-refractivity contribution in [2.75, 3.05) is 0 Å². The van der Waals surface area contributed by atoms with Crippen LogP contribution < -0.4 is 9.47 Å². The highest BCUT2D eigenvalue weighted by Gasteiger charge is 2.14. The Balaban J connectivity index is 0.000000236. The Hall–Kier alpha value is -15.4. The first-order chi connectivity index (χ1) is 58.3. The van der Waals surface area contributed by atoms with Crippen LogP contribution in [-0.4, -0.2) is 59.7 Å². The molecule has 0 amide bonds. The normalized spacial score (nSPS) is 9.98. The zero-order valence-corrected chi connectivity index (χ0v) is 69.1. The summed E-state index contributed by atoms with van der Waals surface area (Å²) < 4.78 is 50.8. The highest BCUT2D eigenvalue weighted by Crippen LogP contribution is 2.29. The number of rotatable bonds is 32. The van der Waals surface area contributed by atoms with Gasteiger partial charge in [-0.3, -0.25) is 0 Å². The summed E-state index contributed by atoms with van der Waals surface area (Å²) in [6, 6.07) is 72.4. The maximum Gasteiger partial charge on any atom is 0.338 e. The number of hydrogen-bond donors (Lipinski definition) is 0. The zero-order chi connectivity index (χ0) is 89.2. The van der Waals surface area contributed by atoms with Crippen molar-refractivity contribution in [2.45, 2.75) is 94.4 Å². The van der Waals surface area contributed by atoms with E-state index in [0.717, 1.165) is 124 Å². The Morgan fingerprint density at radius 1 is 0.213 bits per heavy atom. The molecule has 0 saturated carbocycles. The lowest BCUT2D eigenvalue weighted by Crippen LogP contribution is -2.08. The number of ether oxygens (including phenoxy) is 10. The van der Waals surface area contributed by atoms with E-state index < -0.39 is 59.7 Å². The van der Waals surface area contributed by atoms with Crippen molar-refractivity contribution in [2.24, 2.45) is 0 Å². The maximum absolute atomic E-state index is 11.5. The van der Waals surface area contributed by atoms with Crippen molar-refractivity contribution in [3.63, 3.8) is 0 Å². The first-order valence-electron chi connectivity index (χ1n) is 37.8. The fourth-order valence-corrected chi connectivity index (χ4v) is 10.0. The second-order valence-corrected chi connectivity index (χ2v) is 27.3. The van der Waals surface area contributed by atoms with Crippen LogP contribution in [-0.2, 0) is 139 Å². The molecule has 122 heavy (non-hydrogen) atoms. The molecule has 10 aromatic rings. The van der Waals surface area contributed by atoms with Crippen LogP contribution in [0.5, 0.6) is 11.5 Å². The SMILES string of the molecule is C=C(C)C(=O)OCc1ccc(-c2ccc(COC(=O)C(=C)C)cc2)cc1.C=C(C)C(=O)OCc1ccc(-c2ccc(COC(=O)C(=C)C)cc2)cc1.C=C(C)C(=O)Oc1ccc(-c2ccc(OC(=O)C(=C)C)cc2)cc1.C=CC(=O)OCc1ccc(-c2ccc(COC(=O)C=C)cc2)cc1.C=CC(=O)OCc1ccc2cc(COC(=O)C=C)ccc2c1. The van der Waals surface area contributed by atoms with Gasteiger partial charge in [-0.2, -0.15) is 0 Å². The van der Waals surface area contributed by atoms with E-state index in [1.165, 1.54) is 0 Å². The highest BCUT2D eigenvalue weighted by atomic mass is 16.6. The molecular formula is C102H96O20. The molecule has 0 N–H and O–H groups in total. The summed E-state index contributed by atoms with van der Waals surface area (Å²) in [5, 5.41) is 2.04. The second kappa shape index (κ2) is 49.6. The number of carbonyl (C=O) groups excluding carboxylic acids is 10. The average Bonchev–Trinajstić information content (AvgIpc) is 0.835. The van der Waals surface area contributed by atoms with E-state index in [-0.39, 0.29) is 52.9 Å². The molecule has 0 unspecified atom stereocenters. The molecule has 0 fully saturated rings. The van der Waals surface area contributed by atoms with Gasteiger partial charge in [-0.05, 0) is 178 Å². The third-order valence-corrected chi connectivity index (χ3v) is 16.9. The van der Waals surface area contributed by atoms with Crippen molar-refractivity contribution in [1.29, 1.82) is 0 Å². The molecule has 0 saturated heterocycles. The largest absolute Gasteiger partial charge is 0.458 e. The number of esters is 10. The van der Waals surface area contributed by atoms with Crippen LogP contribution in [0.1, 0.15) is 86.1 Å². The van der Waals surface area contributed by atoms with E-state index in [1.807, 2.05) is 206 Å². The van der Waals surface area contributed by atoms with Gasteiger partial charge >= 0.3 is 59.7 Å². The van der Waals surface area contributed by atoms with Gasteiger partial charge in [-0.25, -0.2) is 47.9 Å². The van der Waals surface area contributed by atoms with Crippen molar-refractivity contribution in [3.05, 3.63) is 399 Å². The monoisotopic (exact) mass is 1640 g/mol. The van der Waals surface area contributed by atoms with Gasteiger partial charge in [0.1, 0.15) is 64.4 Å². The van der Waals surface area contributed by atoms with Crippen LogP contribution in [0.15, 0.2) is 354 Å². The summed E-state index contributed by atoms with van der Waals surface area (Å²) in [7, 11) is 0. The van der Waals surface area contributed by atoms with Gasteiger partial charge in [0.05, 0.1) is 0 Å². The number of fused-ring (bicyclic) bond motifs is 1. The Kier molecular flexibility index (Phi) is 38.8. The standard InChI is InChI=1S/2C22H22O4.2C20H18O4.C18H16O4/c2*1-15(2)21(23)25-13-17-5-9-19(10-6-17)20-11-7-18(8-12-20)14-26-22(24)16(3)4;1-13(2)19(21)23-17-9-5-15(6-10-17)16-7-11-18(12-8-16)24-20(22)14(3)4;1-3-19(21)23-13-15-5-9-17(10-6-15)18-11-7-16(8-12-18)14-24-20(22)4-2;1-3-17(19)21-11-13-5-7-16-10-14(6-8-15(16)9-13)12-22-18(20)4-2/h2*5-12H,1,3,13-14H2,2,4H3;5-12H,1,3H2,2,4H3;3-12H,1-2,13-14H2;3-10H,1-2,11-12H2. The van der Waals surface area contributed by atoms with Crippen molar-refractivity contribution in [1.82, 2.24) is 0 Å². The topological polar surface area (TPSA) is 263 Å². The van der Waals surface area contributed by atoms with Gasteiger partial charge in [0.2, 0.25) is 0 Å². The quantitative estimate of drug-likeness (QED) is 0.0164. The summed E-state index contributed by atoms with van der Waals surface area (Å²) in [6.45, 7) is 46.1. The molecule has 0 aliphatic heterocycles. The van der Waals surface area contributed by atoms with Crippen molar-refractivity contribution < 1.29 is 95.3 Å². The van der Waals surface area contributed by atoms with Crippen LogP contribution >= 0.6 is 0 Å². The Labute approximate surface area is 711 Å². The Morgan fingerprint density at radius 2 is 0.369 bits per heavy atom. The van der Waals surface area contributed by atoms with Crippen LogP contribution in [0.25, 0.3) is 55.3 Å². The smallest absolute Gasteiger partial charge is 0.338 e.